The van der Waals surface area contributed by atoms with Crippen LogP contribution in [0.1, 0.15) is 13.3 Å². The molecule has 2 heteroatoms. The van der Waals surface area contributed by atoms with Crippen molar-refractivity contribution in [2.24, 2.45) is 0 Å². The zero-order valence-corrected chi connectivity index (χ0v) is 6.08. The highest BCUT2D eigenvalue weighted by atomic mass is 16.1. The number of nitrogens with zero attached hydrogens (tertiary/aromatic N) is 1. The van der Waals surface area contributed by atoms with Gasteiger partial charge < -0.3 is 4.57 Å². The first-order valence-electron chi connectivity index (χ1n) is 3.39. The summed E-state index contributed by atoms with van der Waals surface area (Å²) >= 11 is 0. The average molecular weight is 137 g/mol. The lowest BCUT2D eigenvalue weighted by atomic mass is 10.3. The van der Waals surface area contributed by atoms with Crippen molar-refractivity contribution >= 4 is 5.78 Å². The van der Waals surface area contributed by atoms with Gasteiger partial charge in [-0.1, -0.05) is 0 Å². The van der Waals surface area contributed by atoms with Gasteiger partial charge in [0, 0.05) is 25.4 Å². The Labute approximate surface area is 60.5 Å². The van der Waals surface area contributed by atoms with Crippen LogP contribution in [0.25, 0.3) is 0 Å². The van der Waals surface area contributed by atoms with Crippen LogP contribution in [-0.2, 0) is 11.3 Å². The molecule has 0 spiro atoms. The van der Waals surface area contributed by atoms with Gasteiger partial charge in [-0.2, -0.15) is 0 Å². The summed E-state index contributed by atoms with van der Waals surface area (Å²) in [6.45, 7) is 2.42. The molecule has 0 radical (unpaired) electrons. The molecule has 0 aliphatic heterocycles. The van der Waals surface area contributed by atoms with Crippen molar-refractivity contribution in [3.63, 3.8) is 0 Å². The van der Waals surface area contributed by atoms with E-state index in [0.29, 0.717) is 6.42 Å². The van der Waals surface area contributed by atoms with Gasteiger partial charge >= 0.3 is 0 Å². The standard InChI is InChI=1S/C8H11NO/c1-8(10)4-7-9-5-2-3-6-9/h2-3,5-6H,4,7H2,1H3. The van der Waals surface area contributed by atoms with Crippen molar-refractivity contribution in [3.8, 4) is 0 Å². The molecule has 0 atom stereocenters. The lowest BCUT2D eigenvalue weighted by Gasteiger charge is -1.97. The van der Waals surface area contributed by atoms with Crippen LogP contribution in [0.15, 0.2) is 24.5 Å². The quantitative estimate of drug-likeness (QED) is 0.618. The summed E-state index contributed by atoms with van der Waals surface area (Å²) in [7, 11) is 0. The van der Waals surface area contributed by atoms with Gasteiger partial charge in [-0.25, -0.2) is 0 Å². The third-order valence-corrected chi connectivity index (χ3v) is 1.39. The first-order chi connectivity index (χ1) is 4.79. The zero-order valence-electron chi connectivity index (χ0n) is 6.08. The van der Waals surface area contributed by atoms with Crippen molar-refractivity contribution in [2.75, 3.05) is 0 Å². The van der Waals surface area contributed by atoms with Crippen molar-refractivity contribution in [3.05, 3.63) is 24.5 Å². The fraction of sp³-hybridized carbons (Fsp3) is 0.375. The van der Waals surface area contributed by atoms with E-state index in [1.54, 1.807) is 6.92 Å². The number of hydrogen-bond acceptors (Lipinski definition) is 1. The van der Waals surface area contributed by atoms with Gasteiger partial charge in [0.05, 0.1) is 0 Å². The second kappa shape index (κ2) is 3.20. The predicted octanol–water partition coefficient (Wildman–Crippen LogP) is 1.47. The van der Waals surface area contributed by atoms with Crippen molar-refractivity contribution in [1.29, 1.82) is 0 Å². The molecule has 1 rings (SSSR count). The van der Waals surface area contributed by atoms with E-state index in [0.717, 1.165) is 6.54 Å². The summed E-state index contributed by atoms with van der Waals surface area (Å²) in [5.41, 5.74) is 0. The second-order valence-corrected chi connectivity index (χ2v) is 2.37. The number of carbonyl (C=O) groups is 1. The summed E-state index contributed by atoms with van der Waals surface area (Å²) in [6.07, 6.45) is 4.56. The number of rotatable bonds is 3. The van der Waals surface area contributed by atoms with Crippen LogP contribution in [0.3, 0.4) is 0 Å². The summed E-state index contributed by atoms with van der Waals surface area (Å²) in [4.78, 5) is 10.5. The fourth-order valence-electron chi connectivity index (χ4n) is 0.806. The Morgan fingerprint density at radius 3 is 2.50 bits per heavy atom. The largest absolute Gasteiger partial charge is 0.354 e. The first kappa shape index (κ1) is 7.06. The van der Waals surface area contributed by atoms with Crippen LogP contribution in [0.5, 0.6) is 0 Å². The van der Waals surface area contributed by atoms with Gasteiger partial charge in [0.2, 0.25) is 0 Å². The summed E-state index contributed by atoms with van der Waals surface area (Å²) in [5.74, 6) is 0.244. The van der Waals surface area contributed by atoms with Gasteiger partial charge in [0.25, 0.3) is 0 Å². The Morgan fingerprint density at radius 2 is 2.00 bits per heavy atom. The Bertz CT molecular complexity index is 201. The molecule has 0 aliphatic carbocycles. The van der Waals surface area contributed by atoms with Crippen molar-refractivity contribution in [2.45, 2.75) is 19.9 Å². The van der Waals surface area contributed by atoms with Crippen LogP contribution < -0.4 is 0 Å². The predicted molar refractivity (Wildman–Crippen MR) is 39.7 cm³/mol. The molecule has 1 aromatic rings. The van der Waals surface area contributed by atoms with E-state index in [1.807, 2.05) is 29.1 Å². The molecule has 2 nitrogen and oxygen atoms in total. The molecular formula is C8H11NO. The molecule has 0 saturated carbocycles. The molecule has 10 heavy (non-hydrogen) atoms. The molecule has 0 unspecified atom stereocenters. The molecule has 0 fully saturated rings. The minimum atomic E-state index is 0.244. The zero-order chi connectivity index (χ0) is 7.40. The molecule has 0 amide bonds. The van der Waals surface area contributed by atoms with Crippen LogP contribution in [0.4, 0.5) is 0 Å². The summed E-state index contributed by atoms with van der Waals surface area (Å²) < 4.78 is 2.00. The van der Waals surface area contributed by atoms with Gasteiger partial charge in [-0.15, -0.1) is 0 Å². The molecule has 0 aromatic carbocycles. The van der Waals surface area contributed by atoms with E-state index < -0.39 is 0 Å². The van der Waals surface area contributed by atoms with Crippen LogP contribution in [0, 0.1) is 0 Å². The summed E-state index contributed by atoms with van der Waals surface area (Å²) in [6, 6.07) is 3.92. The Hall–Kier alpha value is -1.05. The molecule has 1 aromatic heterocycles. The Morgan fingerprint density at radius 1 is 1.40 bits per heavy atom. The fourth-order valence-corrected chi connectivity index (χ4v) is 0.806. The SMILES string of the molecule is CC(=O)CCn1cccc1. The van der Waals surface area contributed by atoms with E-state index in [1.165, 1.54) is 0 Å². The number of Topliss-reactive ketones (excluding diaryl/α,β-unsaturated/α-hetero) is 1. The van der Waals surface area contributed by atoms with Gasteiger partial charge in [0.1, 0.15) is 5.78 Å². The van der Waals surface area contributed by atoms with Crippen LogP contribution >= 0.6 is 0 Å². The molecule has 0 N–H and O–H groups in total. The third-order valence-electron chi connectivity index (χ3n) is 1.39. The monoisotopic (exact) mass is 137 g/mol. The smallest absolute Gasteiger partial charge is 0.131 e. The van der Waals surface area contributed by atoms with Gasteiger partial charge in [-0.05, 0) is 19.1 Å². The molecule has 54 valence electrons. The minimum absolute atomic E-state index is 0.244. The first-order valence-corrected chi connectivity index (χ1v) is 3.39. The van der Waals surface area contributed by atoms with E-state index in [2.05, 4.69) is 0 Å². The topological polar surface area (TPSA) is 22.0 Å². The Balaban J connectivity index is 2.35. The summed E-state index contributed by atoms with van der Waals surface area (Å²) in [5, 5.41) is 0. The van der Waals surface area contributed by atoms with Crippen LogP contribution in [0.2, 0.25) is 0 Å². The van der Waals surface area contributed by atoms with E-state index in [9.17, 15) is 4.79 Å². The van der Waals surface area contributed by atoms with Gasteiger partial charge in [-0.3, -0.25) is 4.79 Å². The van der Waals surface area contributed by atoms with E-state index >= 15 is 0 Å². The maximum Gasteiger partial charge on any atom is 0.131 e. The highest BCUT2D eigenvalue weighted by molar-refractivity contribution is 5.75. The molecule has 1 heterocycles. The van der Waals surface area contributed by atoms with Crippen molar-refractivity contribution < 1.29 is 4.79 Å². The van der Waals surface area contributed by atoms with Crippen LogP contribution in [-0.4, -0.2) is 10.4 Å². The minimum Gasteiger partial charge on any atom is -0.354 e. The molecule has 0 bridgehead atoms. The highest BCUT2D eigenvalue weighted by Gasteiger charge is 1.92. The number of hydrogen-bond donors (Lipinski definition) is 0. The molecule has 0 saturated heterocycles. The average Bonchev–Trinajstić information content (AvgIpc) is 2.34. The number of aromatic nitrogens is 1. The molecular weight excluding hydrogens is 126 g/mol. The lowest BCUT2D eigenvalue weighted by Crippen LogP contribution is -1.99. The lowest BCUT2D eigenvalue weighted by molar-refractivity contribution is -0.117. The van der Waals surface area contributed by atoms with E-state index in [4.69, 9.17) is 0 Å². The number of carbonyl (C=O) groups excluding carboxylic acids is 1. The maximum absolute atomic E-state index is 10.5. The Kier molecular flexibility index (Phi) is 2.26. The number of ketones is 1. The van der Waals surface area contributed by atoms with E-state index in [-0.39, 0.29) is 5.78 Å². The van der Waals surface area contributed by atoms with Crippen molar-refractivity contribution in [1.82, 2.24) is 4.57 Å². The highest BCUT2D eigenvalue weighted by Crippen LogP contribution is 1.92. The second-order valence-electron chi connectivity index (χ2n) is 2.37. The maximum atomic E-state index is 10.5. The number of aryl methyl sites for hydroxylation is 1. The molecule has 0 aliphatic rings. The third kappa shape index (κ3) is 2.05. The normalized spacial score (nSPS) is 9.70. The van der Waals surface area contributed by atoms with Gasteiger partial charge in [0.15, 0.2) is 0 Å².